The lowest BCUT2D eigenvalue weighted by Gasteiger charge is -2.19. The van der Waals surface area contributed by atoms with Gasteiger partial charge in [0, 0.05) is 37.3 Å². The molecule has 0 aliphatic carbocycles. The number of Topliss-reactive ketones (excluding diaryl/α,β-unsaturated/α-hetero) is 1. The Morgan fingerprint density at radius 3 is 2.39 bits per heavy atom. The van der Waals surface area contributed by atoms with Gasteiger partial charge in [-0.3, -0.25) is 14.9 Å². The summed E-state index contributed by atoms with van der Waals surface area (Å²) in [4.78, 5) is 35.7. The minimum absolute atomic E-state index is 0.0775. The number of hydrogen-bond donors (Lipinski definition) is 3. The van der Waals surface area contributed by atoms with Gasteiger partial charge in [0.1, 0.15) is 0 Å². The van der Waals surface area contributed by atoms with Crippen LogP contribution in [0.1, 0.15) is 17.3 Å². The summed E-state index contributed by atoms with van der Waals surface area (Å²) < 4.78 is 12.6. The number of carbonyl (C=O) groups excluding carboxylic acids is 3. The first-order valence-corrected chi connectivity index (χ1v) is 10.9. The van der Waals surface area contributed by atoms with E-state index < -0.39 is 16.0 Å². The number of rotatable bonds is 5. The van der Waals surface area contributed by atoms with Crippen LogP contribution in [-0.4, -0.2) is 35.0 Å². The van der Waals surface area contributed by atoms with E-state index in [-0.39, 0.29) is 16.7 Å². The van der Waals surface area contributed by atoms with Crippen LogP contribution < -0.4 is 16.0 Å². The molecular formula is C19H20N3O4S2+. The van der Waals surface area contributed by atoms with Crippen molar-refractivity contribution < 1.29 is 18.6 Å². The van der Waals surface area contributed by atoms with Crippen LogP contribution in [0, 0.1) is 0 Å². The molecule has 1 aliphatic rings. The van der Waals surface area contributed by atoms with Crippen molar-refractivity contribution >= 4 is 55.8 Å². The number of fused-ring (bicyclic) bond motifs is 1. The molecule has 2 aromatic carbocycles. The van der Waals surface area contributed by atoms with E-state index in [0.717, 1.165) is 36.2 Å². The van der Waals surface area contributed by atoms with Crippen molar-refractivity contribution in [1.29, 1.82) is 0 Å². The number of thioether (sulfide) groups is 1. The van der Waals surface area contributed by atoms with E-state index in [1.165, 1.54) is 6.92 Å². The second kappa shape index (κ2) is 9.03. The Morgan fingerprint density at radius 1 is 1.04 bits per heavy atom. The second-order valence-corrected chi connectivity index (χ2v) is 8.75. The van der Waals surface area contributed by atoms with Crippen LogP contribution in [-0.2, 0) is 19.8 Å². The van der Waals surface area contributed by atoms with Crippen molar-refractivity contribution in [3.05, 3.63) is 48.0 Å². The summed E-state index contributed by atoms with van der Waals surface area (Å²) in [7, 11) is -2.28. The van der Waals surface area contributed by atoms with Crippen molar-refractivity contribution in [2.45, 2.75) is 11.8 Å². The molecule has 1 atom stereocenters. The number of ketones is 1. The first-order valence-electron chi connectivity index (χ1n) is 8.61. The summed E-state index contributed by atoms with van der Waals surface area (Å²) in [5.41, 5.74) is 2.64. The summed E-state index contributed by atoms with van der Waals surface area (Å²) >= 11 is 0.954. The Bertz CT molecular complexity index is 945. The average molecular weight is 419 g/mol. The normalized spacial score (nSPS) is 13.5. The van der Waals surface area contributed by atoms with E-state index in [1.807, 2.05) is 0 Å². The molecular weight excluding hydrogens is 398 g/mol. The zero-order chi connectivity index (χ0) is 20.1. The van der Waals surface area contributed by atoms with Crippen LogP contribution in [0.3, 0.4) is 0 Å². The number of hydrogen-bond acceptors (Lipinski definition) is 7. The molecule has 0 fully saturated rings. The number of anilines is 3. The van der Waals surface area contributed by atoms with Crippen molar-refractivity contribution in [3.8, 4) is 0 Å². The van der Waals surface area contributed by atoms with Crippen LogP contribution in [0.15, 0.2) is 47.4 Å². The standard InChI is InChI=1S/C19H19N3O4S2/c1-12(23)27-11-18(24)13-2-4-14(5-3-13)22-19(25)28(26)15-6-7-16-17(10-15)21-9-8-20-16/h2-7,10,20-21H,8-9,11H2,1H3,(H,22,25)/p+1. The van der Waals surface area contributed by atoms with Crippen LogP contribution in [0.2, 0.25) is 0 Å². The van der Waals surface area contributed by atoms with E-state index in [9.17, 15) is 18.6 Å². The van der Waals surface area contributed by atoms with Gasteiger partial charge >= 0.3 is 5.24 Å². The van der Waals surface area contributed by atoms with E-state index in [0.29, 0.717) is 16.1 Å². The van der Waals surface area contributed by atoms with Crippen molar-refractivity contribution in [3.63, 3.8) is 0 Å². The first-order chi connectivity index (χ1) is 13.4. The summed E-state index contributed by atoms with van der Waals surface area (Å²) in [5, 5.41) is 8.31. The number of nitrogens with one attached hydrogen (secondary N) is 3. The highest BCUT2D eigenvalue weighted by atomic mass is 32.2. The minimum atomic E-state index is -2.28. The van der Waals surface area contributed by atoms with Gasteiger partial charge in [0.05, 0.1) is 17.1 Å². The molecule has 0 spiro atoms. The van der Waals surface area contributed by atoms with E-state index in [4.69, 9.17) is 0 Å². The summed E-state index contributed by atoms with van der Waals surface area (Å²) in [5.74, 6) is -0.0898. The molecule has 3 N–H and O–H groups in total. The Hall–Kier alpha value is -2.65. The molecule has 1 unspecified atom stereocenters. The number of carbonyl (C=O) groups is 3. The molecule has 28 heavy (non-hydrogen) atoms. The lowest BCUT2D eigenvalue weighted by atomic mass is 10.1. The molecule has 0 bridgehead atoms. The van der Waals surface area contributed by atoms with Gasteiger partial charge in [-0.05, 0) is 36.4 Å². The third-order valence-electron chi connectivity index (χ3n) is 4.04. The van der Waals surface area contributed by atoms with Gasteiger partial charge in [-0.1, -0.05) is 16.0 Å². The maximum absolute atomic E-state index is 12.6. The Balaban J connectivity index is 1.63. The van der Waals surface area contributed by atoms with E-state index >= 15 is 0 Å². The topological polar surface area (TPSA) is 104 Å². The van der Waals surface area contributed by atoms with Gasteiger partial charge in [-0.25, -0.2) is 4.79 Å². The van der Waals surface area contributed by atoms with Crippen molar-refractivity contribution in [2.75, 3.05) is 34.8 Å². The van der Waals surface area contributed by atoms with Gasteiger partial charge in [-0.15, -0.1) is 0 Å². The van der Waals surface area contributed by atoms with Gasteiger partial charge < -0.3 is 10.6 Å². The fourth-order valence-electron chi connectivity index (χ4n) is 2.63. The predicted octanol–water partition coefficient (Wildman–Crippen LogP) is 3.27. The van der Waals surface area contributed by atoms with Crippen molar-refractivity contribution in [2.24, 2.45) is 0 Å². The highest BCUT2D eigenvalue weighted by Crippen LogP contribution is 2.27. The molecule has 9 heteroatoms. The zero-order valence-electron chi connectivity index (χ0n) is 15.2. The summed E-state index contributed by atoms with van der Waals surface area (Å²) in [6, 6.07) is 11.5. The monoisotopic (exact) mass is 418 g/mol. The maximum Gasteiger partial charge on any atom is 0.439 e. The minimum Gasteiger partial charge on any atom is -0.382 e. The quantitative estimate of drug-likeness (QED) is 0.389. The SMILES string of the molecule is CC(=O)SCC(=O)c1ccc(NC(=O)[SH+](=O)c2ccc3c(c2)NCCN3)cc1. The number of thiol groups is 1. The molecule has 0 saturated carbocycles. The summed E-state index contributed by atoms with van der Waals surface area (Å²) in [6.07, 6.45) is 0. The molecule has 0 saturated heterocycles. The third kappa shape index (κ3) is 4.99. The van der Waals surface area contributed by atoms with E-state index in [1.54, 1.807) is 42.5 Å². The Labute approximate surface area is 169 Å². The highest BCUT2D eigenvalue weighted by molar-refractivity contribution is 8.14. The molecule has 7 nitrogen and oxygen atoms in total. The maximum atomic E-state index is 12.6. The van der Waals surface area contributed by atoms with Crippen molar-refractivity contribution in [1.82, 2.24) is 0 Å². The van der Waals surface area contributed by atoms with Crippen LogP contribution in [0.25, 0.3) is 0 Å². The van der Waals surface area contributed by atoms with Crippen LogP contribution in [0.4, 0.5) is 21.9 Å². The molecule has 0 aromatic heterocycles. The Kier molecular flexibility index (Phi) is 6.48. The highest BCUT2D eigenvalue weighted by Gasteiger charge is 2.23. The second-order valence-electron chi connectivity index (χ2n) is 6.09. The molecule has 1 aliphatic heterocycles. The molecule has 3 rings (SSSR count). The number of benzene rings is 2. The average Bonchev–Trinajstić information content (AvgIpc) is 2.71. The molecule has 0 radical (unpaired) electrons. The molecule has 146 valence electrons. The Morgan fingerprint density at radius 2 is 1.71 bits per heavy atom. The first kappa shape index (κ1) is 20.1. The fourth-order valence-corrected chi connectivity index (χ4v) is 4.06. The molecule has 1 amide bonds. The third-order valence-corrected chi connectivity index (χ3v) is 6.08. The van der Waals surface area contributed by atoms with Gasteiger partial charge in [0.15, 0.2) is 26.6 Å². The molecule has 1 heterocycles. The number of amides is 1. The molecule has 2 aromatic rings. The largest absolute Gasteiger partial charge is 0.439 e. The lowest BCUT2D eigenvalue weighted by Crippen LogP contribution is -2.21. The smallest absolute Gasteiger partial charge is 0.382 e. The zero-order valence-corrected chi connectivity index (χ0v) is 16.9. The fraction of sp³-hybridized carbons (Fsp3) is 0.211. The van der Waals surface area contributed by atoms with Crippen LogP contribution >= 0.6 is 11.8 Å². The lowest BCUT2D eigenvalue weighted by molar-refractivity contribution is -0.109. The van der Waals surface area contributed by atoms with Crippen LogP contribution in [0.5, 0.6) is 0 Å². The van der Waals surface area contributed by atoms with E-state index in [2.05, 4.69) is 16.0 Å². The van der Waals surface area contributed by atoms with Gasteiger partial charge in [-0.2, -0.15) is 0 Å². The predicted molar refractivity (Wildman–Crippen MR) is 114 cm³/mol. The summed E-state index contributed by atoms with van der Waals surface area (Å²) in [6.45, 7) is 2.98. The van der Waals surface area contributed by atoms with Gasteiger partial charge in [0.2, 0.25) is 0 Å². The van der Waals surface area contributed by atoms with Gasteiger partial charge in [0.25, 0.3) is 0 Å².